The Morgan fingerprint density at radius 2 is 2.31 bits per heavy atom. The molecule has 0 aliphatic heterocycles. The standard InChI is InChI=1S/C12H14N2OS/c13-11(15)10-7-9(16-12(10)14)6-8-4-2-1-3-5-8/h1-2,4,7H,3,5-6,14H2,(H2,13,15). The van der Waals surface area contributed by atoms with Crippen LogP contribution >= 0.6 is 11.3 Å². The van der Waals surface area contributed by atoms with Crippen molar-refractivity contribution in [3.05, 3.63) is 40.3 Å². The lowest BCUT2D eigenvalue weighted by Crippen LogP contribution is -2.11. The molecule has 0 saturated heterocycles. The molecule has 16 heavy (non-hydrogen) atoms. The number of anilines is 1. The van der Waals surface area contributed by atoms with E-state index in [0.717, 1.165) is 24.1 Å². The summed E-state index contributed by atoms with van der Waals surface area (Å²) < 4.78 is 0. The van der Waals surface area contributed by atoms with Gasteiger partial charge >= 0.3 is 0 Å². The minimum Gasteiger partial charge on any atom is -0.390 e. The molecule has 0 unspecified atom stereocenters. The zero-order valence-corrected chi connectivity index (χ0v) is 9.72. The summed E-state index contributed by atoms with van der Waals surface area (Å²) in [4.78, 5) is 12.2. The maximum Gasteiger partial charge on any atom is 0.251 e. The minimum absolute atomic E-state index is 0.447. The highest BCUT2D eigenvalue weighted by Gasteiger charge is 2.12. The zero-order valence-electron chi connectivity index (χ0n) is 8.90. The van der Waals surface area contributed by atoms with Gasteiger partial charge in [-0.15, -0.1) is 11.3 Å². The Morgan fingerprint density at radius 3 is 2.88 bits per heavy atom. The fourth-order valence-electron chi connectivity index (χ4n) is 1.76. The smallest absolute Gasteiger partial charge is 0.251 e. The monoisotopic (exact) mass is 234 g/mol. The van der Waals surface area contributed by atoms with Gasteiger partial charge in [0.05, 0.1) is 10.6 Å². The molecule has 1 aliphatic rings. The number of nitrogens with two attached hydrogens (primary N) is 2. The van der Waals surface area contributed by atoms with Crippen molar-refractivity contribution in [2.75, 3.05) is 5.73 Å². The molecule has 3 nitrogen and oxygen atoms in total. The molecular weight excluding hydrogens is 220 g/mol. The number of rotatable bonds is 3. The first-order valence-corrected chi connectivity index (χ1v) is 6.01. The number of carbonyl (C=O) groups excluding carboxylic acids is 1. The highest BCUT2D eigenvalue weighted by molar-refractivity contribution is 7.16. The second-order valence-corrected chi connectivity index (χ2v) is 4.99. The Labute approximate surface area is 98.4 Å². The molecule has 0 bridgehead atoms. The van der Waals surface area contributed by atoms with E-state index in [1.54, 1.807) is 0 Å². The van der Waals surface area contributed by atoms with Gasteiger partial charge in [0.15, 0.2) is 0 Å². The van der Waals surface area contributed by atoms with Crippen molar-refractivity contribution in [2.24, 2.45) is 5.73 Å². The van der Waals surface area contributed by atoms with Gasteiger partial charge in [-0.2, -0.15) is 0 Å². The number of nitrogen functional groups attached to an aromatic ring is 1. The van der Waals surface area contributed by atoms with Gasteiger partial charge in [0.1, 0.15) is 0 Å². The first kappa shape index (κ1) is 11.0. The van der Waals surface area contributed by atoms with Crippen molar-refractivity contribution in [1.29, 1.82) is 0 Å². The first-order valence-electron chi connectivity index (χ1n) is 5.19. The van der Waals surface area contributed by atoms with E-state index < -0.39 is 5.91 Å². The van der Waals surface area contributed by atoms with Crippen LogP contribution in [-0.4, -0.2) is 5.91 Å². The molecule has 2 rings (SSSR count). The number of allylic oxidation sites excluding steroid dienone is 4. The Kier molecular flexibility index (Phi) is 3.10. The van der Waals surface area contributed by atoms with Gasteiger partial charge in [-0.3, -0.25) is 4.79 Å². The summed E-state index contributed by atoms with van der Waals surface area (Å²) in [6.07, 6.45) is 9.40. The van der Waals surface area contributed by atoms with E-state index in [2.05, 4.69) is 18.2 Å². The topological polar surface area (TPSA) is 69.1 Å². The van der Waals surface area contributed by atoms with Gasteiger partial charge in [0, 0.05) is 11.3 Å². The van der Waals surface area contributed by atoms with Crippen LogP contribution in [0.4, 0.5) is 5.00 Å². The van der Waals surface area contributed by atoms with Crippen molar-refractivity contribution in [3.8, 4) is 0 Å². The lowest BCUT2D eigenvalue weighted by atomic mass is 10.0. The molecule has 0 saturated carbocycles. The molecule has 1 heterocycles. The summed E-state index contributed by atoms with van der Waals surface area (Å²) in [5, 5.41) is 0.523. The van der Waals surface area contributed by atoms with Crippen molar-refractivity contribution < 1.29 is 4.79 Å². The lowest BCUT2D eigenvalue weighted by Gasteiger charge is -2.06. The summed E-state index contributed by atoms with van der Waals surface area (Å²) in [5.41, 5.74) is 12.8. The number of hydrogen-bond donors (Lipinski definition) is 2. The number of thiophene rings is 1. The summed E-state index contributed by atoms with van der Waals surface area (Å²) >= 11 is 1.45. The average molecular weight is 234 g/mol. The fourth-order valence-corrected chi connectivity index (χ4v) is 2.75. The molecule has 0 spiro atoms. The fraction of sp³-hybridized carbons (Fsp3) is 0.250. The third-order valence-corrected chi connectivity index (χ3v) is 3.54. The third kappa shape index (κ3) is 2.33. The molecule has 1 aliphatic carbocycles. The number of hydrogen-bond acceptors (Lipinski definition) is 3. The predicted molar refractivity (Wildman–Crippen MR) is 67.4 cm³/mol. The number of amides is 1. The van der Waals surface area contributed by atoms with Crippen molar-refractivity contribution in [2.45, 2.75) is 19.3 Å². The Balaban J connectivity index is 2.16. The van der Waals surface area contributed by atoms with Gasteiger partial charge in [0.2, 0.25) is 0 Å². The van der Waals surface area contributed by atoms with E-state index in [0.29, 0.717) is 10.6 Å². The second-order valence-electron chi connectivity index (χ2n) is 3.82. The molecule has 4 heteroatoms. The highest BCUT2D eigenvalue weighted by atomic mass is 32.1. The van der Waals surface area contributed by atoms with Crippen molar-refractivity contribution in [3.63, 3.8) is 0 Å². The van der Waals surface area contributed by atoms with E-state index >= 15 is 0 Å². The predicted octanol–water partition coefficient (Wildman–Crippen LogP) is 2.25. The third-order valence-electron chi connectivity index (χ3n) is 2.58. The van der Waals surface area contributed by atoms with E-state index in [9.17, 15) is 4.79 Å². The van der Waals surface area contributed by atoms with E-state index in [-0.39, 0.29) is 0 Å². The van der Waals surface area contributed by atoms with Crippen LogP contribution in [0.5, 0.6) is 0 Å². The van der Waals surface area contributed by atoms with E-state index in [4.69, 9.17) is 11.5 Å². The maximum absolute atomic E-state index is 11.1. The van der Waals surface area contributed by atoms with Gasteiger partial charge in [-0.1, -0.05) is 23.8 Å². The SMILES string of the molecule is NC(=O)c1cc(CC2=CC=CCC2)sc1N. The van der Waals surface area contributed by atoms with Crippen LogP contribution in [0.3, 0.4) is 0 Å². The summed E-state index contributed by atoms with van der Waals surface area (Å²) in [5.74, 6) is -0.447. The van der Waals surface area contributed by atoms with Gasteiger partial charge in [0.25, 0.3) is 5.91 Å². The van der Waals surface area contributed by atoms with E-state index in [1.807, 2.05) is 6.07 Å². The van der Waals surface area contributed by atoms with Gasteiger partial charge in [-0.25, -0.2) is 0 Å². The maximum atomic E-state index is 11.1. The molecule has 1 amide bonds. The van der Waals surface area contributed by atoms with Crippen LogP contribution < -0.4 is 11.5 Å². The Hall–Kier alpha value is -1.55. The van der Waals surface area contributed by atoms with Crippen LogP contribution in [0.25, 0.3) is 0 Å². The molecule has 1 aromatic heterocycles. The highest BCUT2D eigenvalue weighted by Crippen LogP contribution is 2.28. The molecule has 0 fully saturated rings. The summed E-state index contributed by atoms with van der Waals surface area (Å²) in [7, 11) is 0. The average Bonchev–Trinajstić information content (AvgIpc) is 2.61. The second kappa shape index (κ2) is 4.53. The zero-order chi connectivity index (χ0) is 11.5. The first-order chi connectivity index (χ1) is 7.66. The molecule has 0 radical (unpaired) electrons. The van der Waals surface area contributed by atoms with E-state index in [1.165, 1.54) is 16.9 Å². The van der Waals surface area contributed by atoms with Crippen LogP contribution in [0, 0.1) is 0 Å². The molecule has 4 N–H and O–H groups in total. The molecule has 1 aromatic rings. The van der Waals surface area contributed by atoms with Gasteiger partial charge in [-0.05, 0) is 18.9 Å². The molecule has 84 valence electrons. The Bertz CT molecular complexity index is 471. The van der Waals surface area contributed by atoms with Crippen molar-refractivity contribution in [1.82, 2.24) is 0 Å². The molecule has 0 aromatic carbocycles. The van der Waals surface area contributed by atoms with Crippen LogP contribution in [0.15, 0.2) is 29.9 Å². The number of carbonyl (C=O) groups is 1. The summed E-state index contributed by atoms with van der Waals surface area (Å²) in [6.45, 7) is 0. The van der Waals surface area contributed by atoms with Crippen LogP contribution in [-0.2, 0) is 6.42 Å². The molecule has 0 atom stereocenters. The van der Waals surface area contributed by atoms with Crippen molar-refractivity contribution >= 4 is 22.2 Å². The van der Waals surface area contributed by atoms with Crippen LogP contribution in [0.2, 0.25) is 0 Å². The van der Waals surface area contributed by atoms with Gasteiger partial charge < -0.3 is 11.5 Å². The molecular formula is C12H14N2OS. The largest absolute Gasteiger partial charge is 0.390 e. The quantitative estimate of drug-likeness (QED) is 0.842. The van der Waals surface area contributed by atoms with Crippen LogP contribution in [0.1, 0.15) is 28.1 Å². The minimum atomic E-state index is -0.447. The normalized spacial score (nSPS) is 14.9. The Morgan fingerprint density at radius 1 is 1.50 bits per heavy atom. The lowest BCUT2D eigenvalue weighted by molar-refractivity contribution is 0.100. The number of primary amides is 1. The summed E-state index contributed by atoms with van der Waals surface area (Å²) in [6, 6.07) is 1.81.